The fraction of sp³-hybridized carbons (Fsp3) is 0.200. The number of aromatic hydroxyl groups is 1. The van der Waals surface area contributed by atoms with E-state index in [-0.39, 0.29) is 17.0 Å². The number of amides is 1. The van der Waals surface area contributed by atoms with Crippen LogP contribution in [0.2, 0.25) is 0 Å². The summed E-state index contributed by atoms with van der Waals surface area (Å²) in [5.41, 5.74) is -0.0231. The number of nitrogens with zero attached hydrogens (tertiary/aromatic N) is 1. The van der Waals surface area contributed by atoms with Crippen LogP contribution in [0.4, 0.5) is 4.39 Å². The maximum absolute atomic E-state index is 12.7. The van der Waals surface area contributed by atoms with Crippen molar-refractivity contribution in [2.45, 2.75) is 0 Å². The second kappa shape index (κ2) is 5.11. The third-order valence-corrected chi connectivity index (χ3v) is 1.84. The van der Waals surface area contributed by atoms with Gasteiger partial charge in [-0.3, -0.25) is 4.79 Å². The molecule has 0 aromatic heterocycles. The molecule has 16 heavy (non-hydrogen) atoms. The van der Waals surface area contributed by atoms with E-state index in [0.717, 1.165) is 12.1 Å². The fourth-order valence-corrected chi connectivity index (χ4v) is 1.13. The van der Waals surface area contributed by atoms with E-state index in [4.69, 9.17) is 0 Å². The number of phenols is 1. The Morgan fingerprint density at radius 2 is 2.25 bits per heavy atom. The molecule has 6 heteroatoms. The van der Waals surface area contributed by atoms with Crippen LogP contribution in [0.15, 0.2) is 23.4 Å². The molecule has 86 valence electrons. The molecule has 0 aliphatic heterocycles. The molecule has 0 atom stereocenters. The van der Waals surface area contributed by atoms with Gasteiger partial charge in [-0.2, -0.15) is 0 Å². The molecular formula is C10H11FN2O3. The van der Waals surface area contributed by atoms with Gasteiger partial charge in [-0.25, -0.2) is 4.39 Å². The van der Waals surface area contributed by atoms with Gasteiger partial charge in [0.2, 0.25) is 0 Å². The third kappa shape index (κ3) is 2.47. The van der Waals surface area contributed by atoms with E-state index in [1.807, 2.05) is 0 Å². The number of hydrogen-bond acceptors (Lipinski definition) is 4. The molecule has 1 aromatic carbocycles. The van der Waals surface area contributed by atoms with Crippen molar-refractivity contribution in [3.63, 3.8) is 0 Å². The Morgan fingerprint density at radius 3 is 2.75 bits per heavy atom. The van der Waals surface area contributed by atoms with E-state index in [1.54, 1.807) is 0 Å². The molecular weight excluding hydrogens is 215 g/mol. The van der Waals surface area contributed by atoms with Gasteiger partial charge < -0.3 is 15.3 Å². The lowest BCUT2D eigenvalue weighted by molar-refractivity contribution is -0.114. The highest BCUT2D eigenvalue weighted by Crippen LogP contribution is 2.19. The molecule has 0 aliphatic rings. The quantitative estimate of drug-likeness (QED) is 0.586. The van der Waals surface area contributed by atoms with Crippen LogP contribution in [0, 0.1) is 5.82 Å². The number of halogens is 1. The molecule has 0 saturated carbocycles. The summed E-state index contributed by atoms with van der Waals surface area (Å²) in [7, 11) is 2.68. The molecule has 0 saturated heterocycles. The van der Waals surface area contributed by atoms with Gasteiger partial charge in [0.15, 0.2) is 5.71 Å². The average molecular weight is 226 g/mol. The summed E-state index contributed by atoms with van der Waals surface area (Å²) in [5, 5.41) is 15.3. The van der Waals surface area contributed by atoms with Crippen LogP contribution in [-0.2, 0) is 9.63 Å². The Morgan fingerprint density at radius 1 is 1.56 bits per heavy atom. The van der Waals surface area contributed by atoms with Gasteiger partial charge in [0.1, 0.15) is 18.7 Å². The zero-order valence-electron chi connectivity index (χ0n) is 8.82. The fourth-order valence-electron chi connectivity index (χ4n) is 1.13. The SMILES string of the molecule is CNC(=O)C(=NOC)c1ccc(F)cc1O. The minimum absolute atomic E-state index is 0.0996. The van der Waals surface area contributed by atoms with Crippen molar-refractivity contribution in [2.24, 2.45) is 5.16 Å². The Kier molecular flexibility index (Phi) is 3.82. The van der Waals surface area contributed by atoms with Crippen molar-refractivity contribution in [3.8, 4) is 5.75 Å². The molecule has 0 fully saturated rings. The highest BCUT2D eigenvalue weighted by Gasteiger charge is 2.17. The lowest BCUT2D eigenvalue weighted by atomic mass is 10.1. The van der Waals surface area contributed by atoms with Gasteiger partial charge in [0.25, 0.3) is 5.91 Å². The number of oxime groups is 1. The highest BCUT2D eigenvalue weighted by molar-refractivity contribution is 6.45. The van der Waals surface area contributed by atoms with Crippen LogP contribution >= 0.6 is 0 Å². The summed E-state index contributed by atoms with van der Waals surface area (Å²) in [4.78, 5) is 15.9. The van der Waals surface area contributed by atoms with Crippen LogP contribution in [0.5, 0.6) is 5.75 Å². The zero-order valence-corrected chi connectivity index (χ0v) is 8.82. The lowest BCUT2D eigenvalue weighted by Gasteiger charge is -2.06. The number of rotatable bonds is 3. The summed E-state index contributed by atoms with van der Waals surface area (Å²) < 4.78 is 12.7. The van der Waals surface area contributed by atoms with Crippen molar-refractivity contribution in [1.82, 2.24) is 5.32 Å². The number of phenolic OH excluding ortho intramolecular Hbond substituents is 1. The van der Waals surface area contributed by atoms with Crippen molar-refractivity contribution < 1.29 is 19.1 Å². The Bertz CT molecular complexity index is 432. The molecule has 0 spiro atoms. The molecule has 0 aliphatic carbocycles. The molecule has 1 rings (SSSR count). The smallest absolute Gasteiger partial charge is 0.273 e. The number of hydrogen-bond donors (Lipinski definition) is 2. The Hall–Kier alpha value is -2.11. The second-order valence-electron chi connectivity index (χ2n) is 2.86. The topological polar surface area (TPSA) is 70.9 Å². The van der Waals surface area contributed by atoms with E-state index in [0.29, 0.717) is 0 Å². The molecule has 2 N–H and O–H groups in total. The van der Waals surface area contributed by atoms with Gasteiger partial charge in [0.05, 0.1) is 5.56 Å². The maximum atomic E-state index is 12.7. The van der Waals surface area contributed by atoms with Gasteiger partial charge in [0, 0.05) is 13.1 Å². The van der Waals surface area contributed by atoms with Crippen molar-refractivity contribution in [2.75, 3.05) is 14.2 Å². The summed E-state index contributed by atoms with van der Waals surface area (Å²) in [5.74, 6) is -1.52. The van der Waals surface area contributed by atoms with E-state index >= 15 is 0 Å². The van der Waals surface area contributed by atoms with Crippen LogP contribution in [-0.4, -0.2) is 30.9 Å². The standard InChI is InChI=1S/C10H11FN2O3/c1-12-10(15)9(13-16-2)7-4-3-6(11)5-8(7)14/h3-5,14H,1-2H3,(H,12,15). The molecule has 0 bridgehead atoms. The normalized spacial score (nSPS) is 11.1. The van der Waals surface area contributed by atoms with Crippen LogP contribution in [0.1, 0.15) is 5.56 Å². The maximum Gasteiger partial charge on any atom is 0.273 e. The number of likely N-dealkylation sites (N-methyl/N-ethyl adjacent to an activating group) is 1. The number of carbonyl (C=O) groups excluding carboxylic acids is 1. The first-order valence-corrected chi connectivity index (χ1v) is 4.42. The van der Waals surface area contributed by atoms with E-state index in [2.05, 4.69) is 15.3 Å². The van der Waals surface area contributed by atoms with E-state index in [9.17, 15) is 14.3 Å². The Labute approximate surface area is 91.5 Å². The predicted octanol–water partition coefficient (Wildman–Crippen LogP) is 0.628. The first-order valence-electron chi connectivity index (χ1n) is 4.42. The Balaban J connectivity index is 3.22. The van der Waals surface area contributed by atoms with Crippen molar-refractivity contribution in [3.05, 3.63) is 29.6 Å². The molecule has 5 nitrogen and oxygen atoms in total. The van der Waals surface area contributed by atoms with Gasteiger partial charge in [-0.05, 0) is 12.1 Å². The van der Waals surface area contributed by atoms with Gasteiger partial charge in [-0.1, -0.05) is 5.16 Å². The predicted molar refractivity (Wildman–Crippen MR) is 55.7 cm³/mol. The molecule has 0 heterocycles. The summed E-state index contributed by atoms with van der Waals surface area (Å²) >= 11 is 0. The minimum atomic E-state index is -0.602. The highest BCUT2D eigenvalue weighted by atomic mass is 19.1. The first-order chi connectivity index (χ1) is 7.60. The second-order valence-corrected chi connectivity index (χ2v) is 2.86. The molecule has 1 aromatic rings. The van der Waals surface area contributed by atoms with Crippen LogP contribution in [0.3, 0.4) is 0 Å². The van der Waals surface area contributed by atoms with E-state index < -0.39 is 11.7 Å². The first kappa shape index (κ1) is 12.0. The van der Waals surface area contributed by atoms with Crippen LogP contribution < -0.4 is 5.32 Å². The largest absolute Gasteiger partial charge is 0.507 e. The van der Waals surface area contributed by atoms with Gasteiger partial charge >= 0.3 is 0 Å². The van der Waals surface area contributed by atoms with Gasteiger partial charge in [-0.15, -0.1) is 0 Å². The molecule has 1 amide bonds. The van der Waals surface area contributed by atoms with Crippen molar-refractivity contribution >= 4 is 11.6 Å². The van der Waals surface area contributed by atoms with Crippen molar-refractivity contribution in [1.29, 1.82) is 0 Å². The summed E-state index contributed by atoms with van der Waals surface area (Å²) in [6.07, 6.45) is 0. The minimum Gasteiger partial charge on any atom is -0.507 e. The lowest BCUT2D eigenvalue weighted by Crippen LogP contribution is -2.28. The van der Waals surface area contributed by atoms with Crippen LogP contribution in [0.25, 0.3) is 0 Å². The average Bonchev–Trinajstić information content (AvgIpc) is 2.26. The number of nitrogens with one attached hydrogen (secondary N) is 1. The number of carbonyl (C=O) groups is 1. The third-order valence-electron chi connectivity index (χ3n) is 1.84. The number of benzene rings is 1. The summed E-state index contributed by atoms with van der Waals surface area (Å²) in [6.45, 7) is 0. The zero-order chi connectivity index (χ0) is 12.1. The monoisotopic (exact) mass is 226 g/mol. The molecule has 0 radical (unpaired) electrons. The molecule has 0 unspecified atom stereocenters. The summed E-state index contributed by atoms with van der Waals surface area (Å²) in [6, 6.07) is 3.25. The van der Waals surface area contributed by atoms with E-state index in [1.165, 1.54) is 20.2 Å².